The van der Waals surface area contributed by atoms with Crippen molar-refractivity contribution in [1.29, 1.82) is 0 Å². The third kappa shape index (κ3) is 5.86. The summed E-state index contributed by atoms with van der Waals surface area (Å²) in [6.45, 7) is 3.57. The van der Waals surface area contributed by atoms with Crippen molar-refractivity contribution < 1.29 is 14.3 Å². The third-order valence-electron chi connectivity index (χ3n) is 5.47. The number of amides is 3. The summed E-state index contributed by atoms with van der Waals surface area (Å²) in [4.78, 5) is 29.7. The van der Waals surface area contributed by atoms with E-state index in [9.17, 15) is 9.59 Å². The van der Waals surface area contributed by atoms with Crippen LogP contribution in [0.15, 0.2) is 42.6 Å². The molecule has 0 radical (unpaired) electrons. The zero-order chi connectivity index (χ0) is 21.5. The number of urea groups is 1. The van der Waals surface area contributed by atoms with Crippen LogP contribution < -0.4 is 5.32 Å². The molecule has 1 aromatic carbocycles. The fraction of sp³-hybridized carbons (Fsp3) is 0.478. The van der Waals surface area contributed by atoms with Gasteiger partial charge in [-0.25, -0.2) is 4.79 Å². The van der Waals surface area contributed by atoms with Crippen molar-refractivity contribution in [3.63, 3.8) is 0 Å². The molecule has 7 nitrogen and oxygen atoms in total. The second-order valence-electron chi connectivity index (χ2n) is 7.88. The maximum atomic E-state index is 13.2. The zero-order valence-electron chi connectivity index (χ0n) is 18.1. The Kier molecular flexibility index (Phi) is 7.52. The van der Waals surface area contributed by atoms with Gasteiger partial charge < -0.3 is 24.4 Å². The monoisotopic (exact) mass is 412 g/mol. The zero-order valence-corrected chi connectivity index (χ0v) is 18.1. The van der Waals surface area contributed by atoms with E-state index in [1.54, 1.807) is 12.0 Å². The first-order chi connectivity index (χ1) is 14.5. The van der Waals surface area contributed by atoms with Gasteiger partial charge >= 0.3 is 6.03 Å². The number of nitrogens with one attached hydrogen (secondary N) is 1. The van der Waals surface area contributed by atoms with E-state index in [-0.39, 0.29) is 24.5 Å². The number of aromatic nitrogens is 1. The normalized spacial score (nSPS) is 13.2. The molecule has 1 heterocycles. The van der Waals surface area contributed by atoms with Crippen molar-refractivity contribution in [3.05, 3.63) is 53.9 Å². The van der Waals surface area contributed by atoms with Crippen LogP contribution in [-0.4, -0.2) is 59.2 Å². The Balaban J connectivity index is 1.69. The molecule has 1 aliphatic carbocycles. The number of carbonyl (C=O) groups excluding carboxylic acids is 2. The molecule has 0 bridgehead atoms. The van der Waals surface area contributed by atoms with Gasteiger partial charge in [-0.05, 0) is 49.9 Å². The van der Waals surface area contributed by atoms with Crippen LogP contribution in [0.1, 0.15) is 30.5 Å². The van der Waals surface area contributed by atoms with E-state index in [2.05, 4.69) is 5.32 Å². The smallest absolute Gasteiger partial charge is 0.322 e. The minimum absolute atomic E-state index is 0.0175. The molecule has 162 valence electrons. The fourth-order valence-electron chi connectivity index (χ4n) is 3.46. The van der Waals surface area contributed by atoms with Gasteiger partial charge in [0.15, 0.2) is 0 Å². The first-order valence-electron chi connectivity index (χ1n) is 10.5. The van der Waals surface area contributed by atoms with Gasteiger partial charge in [-0.2, -0.15) is 0 Å². The summed E-state index contributed by atoms with van der Waals surface area (Å²) in [5.74, 6) is -0.0175. The number of anilines is 1. The minimum Gasteiger partial charge on any atom is -0.385 e. The van der Waals surface area contributed by atoms with Crippen molar-refractivity contribution in [2.24, 2.45) is 7.05 Å². The maximum absolute atomic E-state index is 13.2. The van der Waals surface area contributed by atoms with E-state index in [1.807, 2.05) is 66.0 Å². The Morgan fingerprint density at radius 2 is 1.97 bits per heavy atom. The van der Waals surface area contributed by atoms with Crippen molar-refractivity contribution in [3.8, 4) is 0 Å². The molecule has 3 amide bonds. The van der Waals surface area contributed by atoms with Gasteiger partial charge in [0.05, 0.1) is 6.54 Å². The van der Waals surface area contributed by atoms with Gasteiger partial charge in [-0.3, -0.25) is 4.79 Å². The summed E-state index contributed by atoms with van der Waals surface area (Å²) < 4.78 is 7.17. The lowest BCUT2D eigenvalue weighted by Crippen LogP contribution is -2.45. The van der Waals surface area contributed by atoms with Gasteiger partial charge in [0.1, 0.15) is 6.54 Å². The number of para-hydroxylation sites is 1. The van der Waals surface area contributed by atoms with E-state index in [0.717, 1.165) is 29.8 Å². The number of rotatable bonds is 10. The number of carbonyl (C=O) groups is 2. The number of nitrogens with zero attached hydrogens (tertiary/aromatic N) is 3. The molecule has 2 aromatic rings. The van der Waals surface area contributed by atoms with Gasteiger partial charge in [-0.15, -0.1) is 0 Å². The topological polar surface area (TPSA) is 66.8 Å². The first-order valence-corrected chi connectivity index (χ1v) is 10.5. The van der Waals surface area contributed by atoms with Crippen molar-refractivity contribution in [2.75, 3.05) is 32.1 Å². The fourth-order valence-corrected chi connectivity index (χ4v) is 3.46. The number of aryl methyl sites for hydroxylation is 2. The molecule has 0 unspecified atom stereocenters. The number of hydrogen-bond donors (Lipinski definition) is 1. The molecule has 0 atom stereocenters. The Morgan fingerprint density at radius 1 is 1.20 bits per heavy atom. The van der Waals surface area contributed by atoms with Crippen molar-refractivity contribution >= 4 is 17.6 Å². The first kappa shape index (κ1) is 21.9. The number of ether oxygens (including phenoxy) is 1. The molecule has 3 rings (SSSR count). The van der Waals surface area contributed by atoms with Crippen LogP contribution >= 0.6 is 0 Å². The summed E-state index contributed by atoms with van der Waals surface area (Å²) >= 11 is 0. The van der Waals surface area contributed by atoms with Crippen molar-refractivity contribution in [1.82, 2.24) is 14.4 Å². The lowest BCUT2D eigenvalue weighted by Gasteiger charge is -2.28. The van der Waals surface area contributed by atoms with E-state index in [1.165, 1.54) is 0 Å². The van der Waals surface area contributed by atoms with E-state index in [4.69, 9.17) is 4.74 Å². The summed E-state index contributed by atoms with van der Waals surface area (Å²) in [5, 5.41) is 2.95. The summed E-state index contributed by atoms with van der Waals surface area (Å²) in [7, 11) is 3.62. The van der Waals surface area contributed by atoms with Crippen LogP contribution in [0, 0.1) is 6.92 Å². The summed E-state index contributed by atoms with van der Waals surface area (Å²) in [6, 6.07) is 11.7. The molecular weight excluding hydrogens is 380 g/mol. The molecule has 30 heavy (non-hydrogen) atoms. The molecule has 1 aliphatic rings. The maximum Gasteiger partial charge on any atom is 0.322 e. The third-order valence-corrected chi connectivity index (χ3v) is 5.47. The number of hydrogen-bond acceptors (Lipinski definition) is 3. The number of benzene rings is 1. The molecule has 7 heteroatoms. The largest absolute Gasteiger partial charge is 0.385 e. The molecular formula is C23H32N4O3. The average molecular weight is 413 g/mol. The number of methoxy groups -OCH3 is 1. The Morgan fingerprint density at radius 3 is 2.60 bits per heavy atom. The standard InChI is InChI=1S/C23H32N4O3/c1-18-8-4-5-10-21(18)24-23(29)26(14-7-15-30-3)17-22(28)27(19-11-12-19)16-20-9-6-13-25(20)2/h4-6,8-10,13,19H,7,11-12,14-17H2,1-3H3,(H,24,29). The summed E-state index contributed by atoms with van der Waals surface area (Å²) in [6.07, 6.45) is 4.70. The SMILES string of the molecule is COCCCN(CC(=O)N(Cc1cccn1C)C1CC1)C(=O)Nc1ccccc1C. The molecule has 1 saturated carbocycles. The molecule has 0 aliphatic heterocycles. The molecule has 1 N–H and O–H groups in total. The minimum atomic E-state index is -0.261. The molecule has 0 spiro atoms. The van der Waals surface area contributed by atoms with E-state index >= 15 is 0 Å². The molecule has 1 fully saturated rings. The molecule has 0 saturated heterocycles. The van der Waals surface area contributed by atoms with E-state index < -0.39 is 0 Å². The van der Waals surface area contributed by atoms with Crippen LogP contribution in [0.5, 0.6) is 0 Å². The Bertz CT molecular complexity index is 860. The van der Waals surface area contributed by atoms with Crippen LogP contribution in [-0.2, 0) is 23.1 Å². The quantitative estimate of drug-likeness (QED) is 0.608. The average Bonchev–Trinajstić information content (AvgIpc) is 3.49. The van der Waals surface area contributed by atoms with Gasteiger partial charge in [0.2, 0.25) is 5.91 Å². The van der Waals surface area contributed by atoms with Crippen LogP contribution in [0.2, 0.25) is 0 Å². The second kappa shape index (κ2) is 10.3. The summed E-state index contributed by atoms with van der Waals surface area (Å²) in [5.41, 5.74) is 2.83. The van der Waals surface area contributed by atoms with Gasteiger partial charge in [-0.1, -0.05) is 18.2 Å². The predicted octanol–water partition coefficient (Wildman–Crippen LogP) is 3.40. The lowest BCUT2D eigenvalue weighted by atomic mass is 10.2. The molecule has 1 aromatic heterocycles. The second-order valence-corrected chi connectivity index (χ2v) is 7.88. The highest BCUT2D eigenvalue weighted by Gasteiger charge is 2.34. The Labute approximate surface area is 178 Å². The van der Waals surface area contributed by atoms with Crippen LogP contribution in [0.4, 0.5) is 10.5 Å². The van der Waals surface area contributed by atoms with E-state index in [0.29, 0.717) is 26.1 Å². The van der Waals surface area contributed by atoms with Gasteiger partial charge in [0.25, 0.3) is 0 Å². The van der Waals surface area contributed by atoms with Gasteiger partial charge in [0, 0.05) is 50.9 Å². The predicted molar refractivity (Wildman–Crippen MR) is 117 cm³/mol. The highest BCUT2D eigenvalue weighted by molar-refractivity contribution is 5.93. The van der Waals surface area contributed by atoms with Crippen LogP contribution in [0.3, 0.4) is 0 Å². The van der Waals surface area contributed by atoms with Crippen LogP contribution in [0.25, 0.3) is 0 Å². The Hall–Kier alpha value is -2.80. The van der Waals surface area contributed by atoms with Crippen molar-refractivity contribution in [2.45, 2.75) is 38.8 Å². The highest BCUT2D eigenvalue weighted by Crippen LogP contribution is 2.28. The lowest BCUT2D eigenvalue weighted by molar-refractivity contribution is -0.133. The highest BCUT2D eigenvalue weighted by atomic mass is 16.5.